The van der Waals surface area contributed by atoms with Crippen molar-refractivity contribution in [2.24, 2.45) is 0 Å². The Labute approximate surface area is 86.0 Å². The molecule has 0 bridgehead atoms. The lowest BCUT2D eigenvalue weighted by Crippen LogP contribution is -2.39. The van der Waals surface area contributed by atoms with Crippen molar-refractivity contribution >= 4 is 5.91 Å². The van der Waals surface area contributed by atoms with E-state index in [4.69, 9.17) is 0 Å². The average Bonchev–Trinajstić information content (AvgIpc) is 2.45. The van der Waals surface area contributed by atoms with Gasteiger partial charge in [0.05, 0.1) is 6.54 Å². The lowest BCUT2D eigenvalue weighted by molar-refractivity contribution is -0.122. The first-order valence-electron chi connectivity index (χ1n) is 5.35. The minimum Gasteiger partial charge on any atom is -0.358 e. The van der Waals surface area contributed by atoms with Gasteiger partial charge in [-0.25, -0.2) is 0 Å². The topological polar surface area (TPSA) is 44.4 Å². The van der Waals surface area contributed by atoms with Gasteiger partial charge in [-0.3, -0.25) is 9.69 Å². The average molecular weight is 199 g/mol. The number of nitrogens with one attached hydrogen (secondary N) is 2. The van der Waals surface area contributed by atoms with E-state index < -0.39 is 0 Å². The summed E-state index contributed by atoms with van der Waals surface area (Å²) in [6, 6.07) is 0.558. The summed E-state index contributed by atoms with van der Waals surface area (Å²) >= 11 is 0. The fourth-order valence-electron chi connectivity index (χ4n) is 1.88. The van der Waals surface area contributed by atoms with E-state index in [-0.39, 0.29) is 5.91 Å². The van der Waals surface area contributed by atoms with Crippen LogP contribution in [0.5, 0.6) is 0 Å². The molecule has 0 spiro atoms. The molecule has 0 saturated carbocycles. The Morgan fingerprint density at radius 1 is 1.50 bits per heavy atom. The first kappa shape index (κ1) is 11.5. The molecule has 1 atom stereocenters. The largest absolute Gasteiger partial charge is 0.358 e. The fraction of sp³-hybridized carbons (Fsp3) is 0.900. The van der Waals surface area contributed by atoms with Crippen molar-refractivity contribution in [2.75, 3.05) is 33.7 Å². The molecule has 0 aromatic rings. The molecule has 1 aliphatic rings. The number of nitrogens with zero attached hydrogens (tertiary/aromatic N) is 1. The van der Waals surface area contributed by atoms with Crippen molar-refractivity contribution in [1.29, 1.82) is 0 Å². The second-order valence-electron chi connectivity index (χ2n) is 3.92. The molecule has 0 aromatic heterocycles. The van der Waals surface area contributed by atoms with Crippen molar-refractivity contribution in [1.82, 2.24) is 15.5 Å². The van der Waals surface area contributed by atoms with Crippen LogP contribution < -0.4 is 10.6 Å². The van der Waals surface area contributed by atoms with Crippen molar-refractivity contribution in [3.63, 3.8) is 0 Å². The van der Waals surface area contributed by atoms with Gasteiger partial charge in [0.1, 0.15) is 0 Å². The third kappa shape index (κ3) is 3.64. The first-order valence-corrected chi connectivity index (χ1v) is 5.35. The summed E-state index contributed by atoms with van der Waals surface area (Å²) in [5.74, 6) is 0.102. The van der Waals surface area contributed by atoms with E-state index in [9.17, 15) is 4.79 Å². The maximum absolute atomic E-state index is 11.2. The summed E-state index contributed by atoms with van der Waals surface area (Å²) in [5, 5.41) is 6.03. The summed E-state index contributed by atoms with van der Waals surface area (Å²) in [6.07, 6.45) is 3.55. The molecule has 1 amide bonds. The zero-order chi connectivity index (χ0) is 10.4. The molecule has 0 radical (unpaired) electrons. The van der Waals surface area contributed by atoms with Crippen LogP contribution in [0.1, 0.15) is 19.3 Å². The summed E-state index contributed by atoms with van der Waals surface area (Å²) in [7, 11) is 3.72. The van der Waals surface area contributed by atoms with E-state index >= 15 is 0 Å². The van der Waals surface area contributed by atoms with Crippen molar-refractivity contribution < 1.29 is 4.79 Å². The molecule has 14 heavy (non-hydrogen) atoms. The van der Waals surface area contributed by atoms with Gasteiger partial charge in [0.25, 0.3) is 0 Å². The highest BCUT2D eigenvalue weighted by Gasteiger charge is 2.17. The Balaban J connectivity index is 2.33. The lowest BCUT2D eigenvalue weighted by Gasteiger charge is -2.25. The Bertz CT molecular complexity index is 176. The SMILES string of the molecule is CNC(=O)CN(C)C1CCCNCC1. The highest BCUT2D eigenvalue weighted by atomic mass is 16.1. The summed E-state index contributed by atoms with van der Waals surface area (Å²) in [6.45, 7) is 2.70. The Hall–Kier alpha value is -0.610. The quantitative estimate of drug-likeness (QED) is 0.662. The molecule has 1 unspecified atom stereocenters. The zero-order valence-corrected chi connectivity index (χ0v) is 9.18. The number of amides is 1. The second kappa shape index (κ2) is 5.98. The van der Waals surface area contributed by atoms with Gasteiger partial charge in [0.15, 0.2) is 0 Å². The molecule has 1 rings (SSSR count). The van der Waals surface area contributed by atoms with Crippen LogP contribution in [0, 0.1) is 0 Å². The summed E-state index contributed by atoms with van der Waals surface area (Å²) in [5.41, 5.74) is 0. The molecule has 0 aromatic carbocycles. The second-order valence-corrected chi connectivity index (χ2v) is 3.92. The van der Waals surface area contributed by atoms with Gasteiger partial charge in [-0.1, -0.05) is 0 Å². The monoisotopic (exact) mass is 199 g/mol. The van der Waals surface area contributed by atoms with Crippen molar-refractivity contribution in [3.8, 4) is 0 Å². The molecule has 82 valence electrons. The number of hydrogen-bond acceptors (Lipinski definition) is 3. The number of carbonyl (C=O) groups is 1. The Kier molecular flexibility index (Phi) is 4.90. The Morgan fingerprint density at radius 2 is 2.29 bits per heavy atom. The van der Waals surface area contributed by atoms with Crippen LogP contribution >= 0.6 is 0 Å². The van der Waals surface area contributed by atoms with Gasteiger partial charge in [-0.15, -0.1) is 0 Å². The number of carbonyl (C=O) groups excluding carboxylic acids is 1. The number of hydrogen-bond donors (Lipinski definition) is 2. The zero-order valence-electron chi connectivity index (χ0n) is 9.18. The molecular weight excluding hydrogens is 178 g/mol. The number of rotatable bonds is 3. The fourth-order valence-corrected chi connectivity index (χ4v) is 1.88. The van der Waals surface area contributed by atoms with E-state index in [0.29, 0.717) is 12.6 Å². The first-order chi connectivity index (χ1) is 6.74. The van der Waals surface area contributed by atoms with Crippen molar-refractivity contribution in [3.05, 3.63) is 0 Å². The molecule has 1 aliphatic heterocycles. The molecule has 1 heterocycles. The van der Waals surface area contributed by atoms with Gasteiger partial charge in [0, 0.05) is 13.1 Å². The van der Waals surface area contributed by atoms with E-state index in [1.165, 1.54) is 12.8 Å². The molecule has 0 aliphatic carbocycles. The van der Waals surface area contributed by atoms with Gasteiger partial charge >= 0.3 is 0 Å². The van der Waals surface area contributed by atoms with Crippen LogP contribution in [0.3, 0.4) is 0 Å². The highest BCUT2D eigenvalue weighted by Crippen LogP contribution is 2.10. The minimum atomic E-state index is 0.102. The maximum Gasteiger partial charge on any atom is 0.233 e. The molecular formula is C10H21N3O. The third-order valence-electron chi connectivity index (χ3n) is 2.84. The Morgan fingerprint density at radius 3 is 3.00 bits per heavy atom. The lowest BCUT2D eigenvalue weighted by atomic mass is 10.1. The van der Waals surface area contributed by atoms with Crippen LogP contribution in [-0.4, -0.2) is 50.6 Å². The predicted molar refractivity (Wildman–Crippen MR) is 57.2 cm³/mol. The van der Waals surface area contributed by atoms with Crippen molar-refractivity contribution in [2.45, 2.75) is 25.3 Å². The minimum absolute atomic E-state index is 0.102. The molecule has 2 N–H and O–H groups in total. The predicted octanol–water partition coefficient (Wildman–Crippen LogP) is -0.194. The smallest absolute Gasteiger partial charge is 0.233 e. The normalized spacial score (nSPS) is 23.2. The number of likely N-dealkylation sites (N-methyl/N-ethyl adjacent to an activating group) is 2. The summed E-state index contributed by atoms with van der Waals surface area (Å²) < 4.78 is 0. The highest BCUT2D eigenvalue weighted by molar-refractivity contribution is 5.77. The van der Waals surface area contributed by atoms with Crippen LogP contribution in [0.2, 0.25) is 0 Å². The van der Waals surface area contributed by atoms with E-state index in [2.05, 4.69) is 15.5 Å². The van der Waals surface area contributed by atoms with Crippen LogP contribution in [0.4, 0.5) is 0 Å². The van der Waals surface area contributed by atoms with E-state index in [0.717, 1.165) is 19.5 Å². The standard InChI is InChI=1S/C10H21N3O/c1-11-10(14)8-13(2)9-4-3-6-12-7-5-9/h9,12H,3-8H2,1-2H3,(H,11,14). The molecule has 4 heteroatoms. The van der Waals surface area contributed by atoms with Gasteiger partial charge in [-0.05, 0) is 39.4 Å². The molecule has 4 nitrogen and oxygen atoms in total. The van der Waals surface area contributed by atoms with Gasteiger partial charge in [0.2, 0.25) is 5.91 Å². The summed E-state index contributed by atoms with van der Waals surface area (Å²) in [4.78, 5) is 13.3. The van der Waals surface area contributed by atoms with E-state index in [1.54, 1.807) is 7.05 Å². The van der Waals surface area contributed by atoms with Crippen LogP contribution in [-0.2, 0) is 4.79 Å². The third-order valence-corrected chi connectivity index (χ3v) is 2.84. The van der Waals surface area contributed by atoms with Gasteiger partial charge in [-0.2, -0.15) is 0 Å². The van der Waals surface area contributed by atoms with Crippen LogP contribution in [0.25, 0.3) is 0 Å². The van der Waals surface area contributed by atoms with E-state index in [1.807, 2.05) is 7.05 Å². The molecule has 1 saturated heterocycles. The van der Waals surface area contributed by atoms with Gasteiger partial charge < -0.3 is 10.6 Å². The molecule has 1 fully saturated rings. The van der Waals surface area contributed by atoms with Crippen LogP contribution in [0.15, 0.2) is 0 Å². The maximum atomic E-state index is 11.2.